The number of rotatable bonds is 1. The number of pyridine rings is 1. The molecule has 0 aliphatic carbocycles. The summed E-state index contributed by atoms with van der Waals surface area (Å²) in [5.41, 5.74) is 0.516. The van der Waals surface area contributed by atoms with E-state index in [4.69, 9.17) is 0 Å². The number of hydrogen-bond donors (Lipinski definition) is 0. The minimum atomic E-state index is -4.32. The van der Waals surface area contributed by atoms with Crippen LogP contribution in [-0.4, -0.2) is 18.0 Å². The van der Waals surface area contributed by atoms with Gasteiger partial charge in [0.25, 0.3) is 0 Å². The Morgan fingerprint density at radius 2 is 2.08 bits per heavy atom. The van der Waals surface area contributed by atoms with Crippen molar-refractivity contribution >= 4 is 10.1 Å². The fourth-order valence-electron chi connectivity index (χ4n) is 0.675. The van der Waals surface area contributed by atoms with Crippen molar-refractivity contribution in [3.8, 4) is 0 Å². The topological polar surface area (TPSA) is 70.1 Å². The van der Waals surface area contributed by atoms with Crippen molar-refractivity contribution in [3.05, 3.63) is 24.0 Å². The molecule has 0 saturated heterocycles. The SMILES string of the molecule is Cc1cc(S(=O)(=O)[O-])ccn1.[Na+]. The van der Waals surface area contributed by atoms with Crippen molar-refractivity contribution in [2.75, 3.05) is 0 Å². The zero-order chi connectivity index (χ0) is 8.48. The largest absolute Gasteiger partial charge is 1.00 e. The van der Waals surface area contributed by atoms with Crippen molar-refractivity contribution in [3.63, 3.8) is 0 Å². The molecule has 0 aromatic carbocycles. The third-order valence-electron chi connectivity index (χ3n) is 1.16. The van der Waals surface area contributed by atoms with Crippen LogP contribution in [0, 0.1) is 6.92 Å². The van der Waals surface area contributed by atoms with Gasteiger partial charge in [0, 0.05) is 11.9 Å². The molecule has 0 fully saturated rings. The Morgan fingerprint density at radius 3 is 2.42 bits per heavy atom. The first kappa shape index (κ1) is 12.1. The van der Waals surface area contributed by atoms with E-state index in [1.165, 1.54) is 18.3 Å². The van der Waals surface area contributed by atoms with Gasteiger partial charge in [-0.25, -0.2) is 8.42 Å². The van der Waals surface area contributed by atoms with Gasteiger partial charge in [-0.3, -0.25) is 4.98 Å². The number of aromatic nitrogens is 1. The Bertz CT molecular complexity index is 363. The molecule has 0 radical (unpaired) electrons. The molecule has 0 spiro atoms. The maximum absolute atomic E-state index is 10.4. The predicted molar refractivity (Wildman–Crippen MR) is 36.9 cm³/mol. The standard InChI is InChI=1S/C6H7NO3S.Na/c1-5-4-6(2-3-7-5)11(8,9)10;/h2-4H,1H3,(H,8,9,10);/q;+1/p-1. The molecule has 1 aromatic rings. The zero-order valence-electron chi connectivity index (χ0n) is 6.81. The second-order valence-electron chi connectivity index (χ2n) is 2.09. The molecule has 6 heteroatoms. The summed E-state index contributed by atoms with van der Waals surface area (Å²) >= 11 is 0. The Kier molecular flexibility index (Phi) is 4.36. The van der Waals surface area contributed by atoms with E-state index in [9.17, 15) is 13.0 Å². The van der Waals surface area contributed by atoms with Crippen LogP contribution in [0.3, 0.4) is 0 Å². The fraction of sp³-hybridized carbons (Fsp3) is 0.167. The molecule has 1 heterocycles. The first-order valence-corrected chi connectivity index (χ1v) is 4.29. The van der Waals surface area contributed by atoms with E-state index in [1.807, 2.05) is 0 Å². The van der Waals surface area contributed by atoms with Gasteiger partial charge in [-0.05, 0) is 19.1 Å². The van der Waals surface area contributed by atoms with Crippen LogP contribution in [0.5, 0.6) is 0 Å². The van der Waals surface area contributed by atoms with Crippen molar-refractivity contribution in [1.29, 1.82) is 0 Å². The van der Waals surface area contributed by atoms with Crippen LogP contribution in [0.15, 0.2) is 23.2 Å². The molecule has 1 rings (SSSR count). The Balaban J connectivity index is 0.00000121. The molecule has 0 unspecified atom stereocenters. The average Bonchev–Trinajstić information content (AvgIpc) is 1.86. The number of nitrogens with zero attached hydrogens (tertiary/aromatic N) is 1. The zero-order valence-corrected chi connectivity index (χ0v) is 9.63. The molecule has 4 nitrogen and oxygen atoms in total. The maximum atomic E-state index is 10.4. The smallest absolute Gasteiger partial charge is 0.744 e. The van der Waals surface area contributed by atoms with Crippen LogP contribution in [0.25, 0.3) is 0 Å². The van der Waals surface area contributed by atoms with E-state index in [0.29, 0.717) is 5.69 Å². The molecular formula is C6H6NNaO3S. The Hall–Kier alpha value is 0.0600. The first-order valence-electron chi connectivity index (χ1n) is 2.89. The Morgan fingerprint density at radius 1 is 1.50 bits per heavy atom. The summed E-state index contributed by atoms with van der Waals surface area (Å²) < 4.78 is 31.2. The van der Waals surface area contributed by atoms with Crippen molar-refractivity contribution in [2.45, 2.75) is 11.8 Å². The van der Waals surface area contributed by atoms with Crippen molar-refractivity contribution < 1.29 is 42.5 Å². The van der Waals surface area contributed by atoms with E-state index < -0.39 is 10.1 Å². The van der Waals surface area contributed by atoms with Crippen LogP contribution in [0.2, 0.25) is 0 Å². The van der Waals surface area contributed by atoms with Gasteiger partial charge in [0.15, 0.2) is 0 Å². The summed E-state index contributed by atoms with van der Waals surface area (Å²) in [6.45, 7) is 1.62. The van der Waals surface area contributed by atoms with Gasteiger partial charge < -0.3 is 4.55 Å². The average molecular weight is 195 g/mol. The van der Waals surface area contributed by atoms with Gasteiger partial charge in [-0.1, -0.05) is 0 Å². The quantitative estimate of drug-likeness (QED) is 0.361. The third-order valence-corrected chi connectivity index (χ3v) is 1.99. The molecule has 0 bridgehead atoms. The van der Waals surface area contributed by atoms with E-state index in [0.717, 1.165) is 0 Å². The predicted octanol–water partition coefficient (Wildman–Crippen LogP) is -2.70. The molecule has 0 saturated carbocycles. The van der Waals surface area contributed by atoms with Crippen molar-refractivity contribution in [1.82, 2.24) is 4.98 Å². The van der Waals surface area contributed by atoms with Gasteiger partial charge >= 0.3 is 29.6 Å². The third kappa shape index (κ3) is 3.20. The summed E-state index contributed by atoms with van der Waals surface area (Å²) in [5.74, 6) is 0. The van der Waals surface area contributed by atoms with Crippen LogP contribution in [0.4, 0.5) is 0 Å². The summed E-state index contributed by atoms with van der Waals surface area (Å²) in [5, 5.41) is 0. The van der Waals surface area contributed by atoms with Crippen LogP contribution in [0.1, 0.15) is 5.69 Å². The van der Waals surface area contributed by atoms with Gasteiger partial charge in [-0.2, -0.15) is 0 Å². The van der Waals surface area contributed by atoms with Crippen LogP contribution < -0.4 is 29.6 Å². The molecular weight excluding hydrogens is 189 g/mol. The van der Waals surface area contributed by atoms with Crippen LogP contribution in [-0.2, 0) is 10.1 Å². The molecule has 0 aliphatic heterocycles. The van der Waals surface area contributed by atoms with E-state index in [-0.39, 0.29) is 34.5 Å². The summed E-state index contributed by atoms with van der Waals surface area (Å²) in [6, 6.07) is 2.41. The van der Waals surface area contributed by atoms with E-state index in [2.05, 4.69) is 4.98 Å². The fourth-order valence-corrected chi connectivity index (χ4v) is 1.22. The monoisotopic (exact) mass is 195 g/mol. The number of aryl methyl sites for hydroxylation is 1. The number of hydrogen-bond acceptors (Lipinski definition) is 4. The molecule has 12 heavy (non-hydrogen) atoms. The van der Waals surface area contributed by atoms with Gasteiger partial charge in [0.1, 0.15) is 10.1 Å². The van der Waals surface area contributed by atoms with Gasteiger partial charge in [0.2, 0.25) is 0 Å². The maximum Gasteiger partial charge on any atom is 1.00 e. The van der Waals surface area contributed by atoms with E-state index in [1.54, 1.807) is 6.92 Å². The molecule has 0 atom stereocenters. The summed E-state index contributed by atoms with van der Waals surface area (Å²) in [7, 11) is -4.32. The second kappa shape index (κ2) is 4.34. The van der Waals surface area contributed by atoms with Gasteiger partial charge in [0.05, 0.1) is 4.90 Å². The van der Waals surface area contributed by atoms with Crippen LogP contribution >= 0.6 is 0 Å². The molecule has 1 aromatic heterocycles. The Labute approximate surface area is 93.1 Å². The molecule has 0 aliphatic rings. The normalized spacial score (nSPS) is 10.5. The molecule has 60 valence electrons. The second-order valence-corrected chi connectivity index (χ2v) is 3.47. The minimum absolute atomic E-state index is 0. The van der Waals surface area contributed by atoms with Crippen molar-refractivity contribution in [2.24, 2.45) is 0 Å². The summed E-state index contributed by atoms with van der Waals surface area (Å²) in [6.07, 6.45) is 1.29. The minimum Gasteiger partial charge on any atom is -0.744 e. The first-order chi connectivity index (χ1) is 5.00. The molecule has 0 amide bonds. The molecule has 0 N–H and O–H groups in total. The van der Waals surface area contributed by atoms with Gasteiger partial charge in [-0.15, -0.1) is 0 Å². The van der Waals surface area contributed by atoms with E-state index >= 15 is 0 Å². The summed E-state index contributed by atoms with van der Waals surface area (Å²) in [4.78, 5) is 3.52.